The molecule has 1 aliphatic rings. The highest BCUT2D eigenvalue weighted by Gasteiger charge is 2.18. The first-order valence-electron chi connectivity index (χ1n) is 14.5. The lowest BCUT2D eigenvalue weighted by Gasteiger charge is -2.32. The lowest BCUT2D eigenvalue weighted by molar-refractivity contribution is 0.0757. The zero-order valence-corrected chi connectivity index (χ0v) is 25.3. The summed E-state index contributed by atoms with van der Waals surface area (Å²) in [5, 5.41) is 7.65. The largest absolute Gasteiger partial charge is 0.354 e. The molecule has 5 N–H and O–H groups in total. The molecule has 2 amide bonds. The molecule has 5 rings (SSSR count). The lowest BCUT2D eigenvalue weighted by Crippen LogP contribution is -2.44. The van der Waals surface area contributed by atoms with Gasteiger partial charge in [-0.15, -0.1) is 0 Å². The molecule has 12 nitrogen and oxygen atoms in total. The van der Waals surface area contributed by atoms with Crippen molar-refractivity contribution in [3.05, 3.63) is 92.9 Å². The van der Waals surface area contributed by atoms with Gasteiger partial charge >= 0.3 is 0 Å². The van der Waals surface area contributed by atoms with Gasteiger partial charge in [-0.25, -0.2) is 10.8 Å². The van der Waals surface area contributed by atoms with E-state index in [-0.39, 0.29) is 21.8 Å². The fourth-order valence-electron chi connectivity index (χ4n) is 4.93. The number of nitrogens with zero attached hydrogens (tertiary/aromatic N) is 5. The molecule has 0 saturated carbocycles. The molecule has 1 saturated heterocycles. The smallest absolute Gasteiger partial charge is 0.267 e. The highest BCUT2D eigenvalue weighted by molar-refractivity contribution is 6.34. The number of carbonyl (C=O) groups is 2. The molecule has 0 aliphatic carbocycles. The number of piperazine rings is 1. The van der Waals surface area contributed by atoms with Crippen molar-refractivity contribution >= 4 is 46.1 Å². The number of aromatic amines is 1. The van der Waals surface area contributed by atoms with Gasteiger partial charge in [0.1, 0.15) is 11.2 Å². The molecule has 3 heterocycles. The molecule has 2 aromatic heterocycles. The number of nitrogens with two attached hydrogens (primary N) is 1. The first-order valence-corrected chi connectivity index (χ1v) is 14.9. The molecule has 1 aliphatic heterocycles. The molecular weight excluding hydrogens is 582 g/mol. The number of nitrogens with one attached hydrogen (secondary N) is 3. The molecular formula is C31H36ClN9O3. The van der Waals surface area contributed by atoms with Crippen molar-refractivity contribution in [1.29, 1.82) is 0 Å². The van der Waals surface area contributed by atoms with Gasteiger partial charge in [-0.05, 0) is 56.3 Å². The van der Waals surface area contributed by atoms with Crippen LogP contribution >= 0.6 is 11.6 Å². The highest BCUT2D eigenvalue weighted by atomic mass is 35.5. The Morgan fingerprint density at radius 2 is 1.86 bits per heavy atom. The number of anilines is 2. The Bertz CT molecular complexity index is 1670. The van der Waals surface area contributed by atoms with Crippen LogP contribution < -0.4 is 22.0 Å². The minimum absolute atomic E-state index is 0.148. The van der Waals surface area contributed by atoms with Crippen molar-refractivity contribution in [2.45, 2.75) is 12.8 Å². The number of carbonyl (C=O) groups excluding carboxylic acids is 2. The Hall–Kier alpha value is -4.36. The maximum Gasteiger partial charge on any atom is 0.267 e. The zero-order valence-electron chi connectivity index (χ0n) is 24.6. The third-order valence-electron chi connectivity index (χ3n) is 7.57. The third kappa shape index (κ3) is 7.97. The monoisotopic (exact) mass is 617 g/mol. The van der Waals surface area contributed by atoms with Crippen LogP contribution in [-0.2, 0) is 6.42 Å². The summed E-state index contributed by atoms with van der Waals surface area (Å²) in [5.74, 6) is 5.30. The second-order valence-corrected chi connectivity index (χ2v) is 11.2. The predicted octanol–water partition coefficient (Wildman–Crippen LogP) is 2.83. The Morgan fingerprint density at radius 3 is 2.64 bits per heavy atom. The van der Waals surface area contributed by atoms with Crippen LogP contribution in [0.2, 0.25) is 5.02 Å². The fraction of sp³-hybridized carbons (Fsp3) is 0.323. The standard InChI is InChI=1S/C31H36ClN9O3/c1-39-14-16-40(17-15-39)12-5-11-34-31-35-20-23-18-24(29(43)37-27(23)38-31)28(42)36-26-19-22(8-9-25(26)32)30(44)41(33)13-10-21-6-3-2-4-7-21/h2-4,6-9,18-20H,5,10-17,33H2,1H3,(H,36,42)(H2,34,35,37,38,43). The average molecular weight is 618 g/mol. The molecule has 0 unspecified atom stereocenters. The number of H-pyrrole nitrogens is 1. The molecule has 44 heavy (non-hydrogen) atoms. The summed E-state index contributed by atoms with van der Waals surface area (Å²) in [6.45, 7) is 6.28. The van der Waals surface area contributed by atoms with Gasteiger partial charge in [0, 0.05) is 56.4 Å². The van der Waals surface area contributed by atoms with E-state index in [0.717, 1.165) is 49.7 Å². The van der Waals surface area contributed by atoms with E-state index in [0.29, 0.717) is 36.5 Å². The Morgan fingerprint density at radius 1 is 1.09 bits per heavy atom. The van der Waals surface area contributed by atoms with E-state index in [2.05, 4.69) is 42.4 Å². The van der Waals surface area contributed by atoms with Crippen LogP contribution in [0.3, 0.4) is 0 Å². The third-order valence-corrected chi connectivity index (χ3v) is 7.90. The van der Waals surface area contributed by atoms with Crippen LogP contribution in [-0.4, -0.2) is 94.4 Å². The van der Waals surface area contributed by atoms with Gasteiger partial charge in [0.2, 0.25) is 5.95 Å². The molecule has 230 valence electrons. The summed E-state index contributed by atoms with van der Waals surface area (Å²) in [6, 6.07) is 15.6. The van der Waals surface area contributed by atoms with Crippen LogP contribution in [0.1, 0.15) is 32.7 Å². The Balaban J connectivity index is 1.20. The number of fused-ring (bicyclic) bond motifs is 1. The summed E-state index contributed by atoms with van der Waals surface area (Å²) in [6.07, 6.45) is 3.08. The van der Waals surface area contributed by atoms with E-state index < -0.39 is 17.4 Å². The summed E-state index contributed by atoms with van der Waals surface area (Å²) in [7, 11) is 2.14. The van der Waals surface area contributed by atoms with Crippen molar-refractivity contribution in [1.82, 2.24) is 29.8 Å². The van der Waals surface area contributed by atoms with Crippen LogP contribution in [0.25, 0.3) is 11.0 Å². The number of halogens is 1. The number of aromatic nitrogens is 3. The van der Waals surface area contributed by atoms with Gasteiger partial charge in [0.05, 0.1) is 10.7 Å². The summed E-state index contributed by atoms with van der Waals surface area (Å²) in [5.41, 5.74) is 1.01. The quantitative estimate of drug-likeness (QED) is 0.0861. The predicted molar refractivity (Wildman–Crippen MR) is 172 cm³/mol. The molecule has 1 fully saturated rings. The number of hydrogen-bond acceptors (Lipinski definition) is 9. The maximum atomic E-state index is 13.1. The van der Waals surface area contributed by atoms with Gasteiger partial charge in [0.25, 0.3) is 17.4 Å². The molecule has 0 atom stereocenters. The number of hydrogen-bond donors (Lipinski definition) is 4. The van der Waals surface area contributed by atoms with Crippen molar-refractivity contribution in [3.8, 4) is 0 Å². The number of likely N-dealkylation sites (N-methyl/N-ethyl adjacent to an activating group) is 1. The summed E-state index contributed by atoms with van der Waals surface area (Å²) in [4.78, 5) is 55.1. The molecule has 4 aromatic rings. The molecule has 0 bridgehead atoms. The van der Waals surface area contributed by atoms with Crippen LogP contribution in [0.4, 0.5) is 11.6 Å². The van der Waals surface area contributed by atoms with E-state index in [1.54, 1.807) is 6.20 Å². The van der Waals surface area contributed by atoms with E-state index in [4.69, 9.17) is 17.4 Å². The number of rotatable bonds is 11. The van der Waals surface area contributed by atoms with E-state index in [1.807, 2.05) is 30.3 Å². The number of pyridine rings is 1. The van der Waals surface area contributed by atoms with Gasteiger partial charge < -0.3 is 25.4 Å². The second-order valence-electron chi connectivity index (χ2n) is 10.8. The Labute approximate surface area is 260 Å². The van der Waals surface area contributed by atoms with E-state index in [9.17, 15) is 14.4 Å². The normalized spacial score (nSPS) is 14.0. The van der Waals surface area contributed by atoms with E-state index >= 15 is 0 Å². The molecule has 2 aromatic carbocycles. The van der Waals surface area contributed by atoms with Gasteiger partial charge in [-0.3, -0.25) is 19.4 Å². The zero-order chi connectivity index (χ0) is 31.1. The first-order chi connectivity index (χ1) is 21.3. The van der Waals surface area contributed by atoms with Crippen LogP contribution in [0.5, 0.6) is 0 Å². The van der Waals surface area contributed by atoms with Crippen LogP contribution in [0.15, 0.2) is 65.6 Å². The van der Waals surface area contributed by atoms with Crippen molar-refractivity contribution in [3.63, 3.8) is 0 Å². The number of hydrazine groups is 1. The van der Waals surface area contributed by atoms with Crippen LogP contribution in [0, 0.1) is 0 Å². The summed E-state index contributed by atoms with van der Waals surface area (Å²) >= 11 is 6.32. The number of amides is 2. The van der Waals surface area contributed by atoms with Gasteiger partial charge in [-0.1, -0.05) is 41.9 Å². The first kappa shape index (κ1) is 31.1. The van der Waals surface area contributed by atoms with Gasteiger partial charge in [-0.2, -0.15) is 4.98 Å². The second kappa shape index (κ2) is 14.4. The maximum absolute atomic E-state index is 13.1. The highest BCUT2D eigenvalue weighted by Crippen LogP contribution is 2.24. The molecule has 13 heteroatoms. The summed E-state index contributed by atoms with van der Waals surface area (Å²) < 4.78 is 0. The topological polar surface area (TPSA) is 153 Å². The van der Waals surface area contributed by atoms with Crippen molar-refractivity contribution < 1.29 is 9.59 Å². The van der Waals surface area contributed by atoms with Gasteiger partial charge in [0.15, 0.2) is 0 Å². The lowest BCUT2D eigenvalue weighted by atomic mass is 10.1. The van der Waals surface area contributed by atoms with Crippen molar-refractivity contribution in [2.24, 2.45) is 5.84 Å². The Kier molecular flexibility index (Phi) is 10.2. The number of benzene rings is 2. The average Bonchev–Trinajstić information content (AvgIpc) is 3.03. The fourth-order valence-corrected chi connectivity index (χ4v) is 5.09. The minimum Gasteiger partial charge on any atom is -0.354 e. The van der Waals surface area contributed by atoms with E-state index in [1.165, 1.54) is 24.3 Å². The minimum atomic E-state index is -0.695. The molecule has 0 radical (unpaired) electrons. The SMILES string of the molecule is CN1CCN(CCCNc2ncc3cc(C(=O)Nc4cc(C(=O)N(N)CCc5ccccc5)ccc4Cl)c(=O)[nH]c3n2)CC1. The molecule has 0 spiro atoms. The van der Waals surface area contributed by atoms with Crippen molar-refractivity contribution in [2.75, 3.05) is 63.5 Å².